The molecule has 52 heavy (non-hydrogen) atoms. The predicted molar refractivity (Wildman–Crippen MR) is 240 cm³/mol. The van der Waals surface area contributed by atoms with Crippen molar-refractivity contribution in [2.75, 3.05) is 0 Å². The summed E-state index contributed by atoms with van der Waals surface area (Å²) < 4.78 is 79.0. The third kappa shape index (κ3) is 25.4. The molecule has 0 bridgehead atoms. The van der Waals surface area contributed by atoms with Gasteiger partial charge in [0.25, 0.3) is 0 Å². The molecule has 0 aromatic rings. The fourth-order valence-corrected chi connectivity index (χ4v) is 66.2. The van der Waals surface area contributed by atoms with Gasteiger partial charge in [-0.3, -0.25) is 0 Å². The molecule has 0 aliphatic carbocycles. The van der Waals surface area contributed by atoms with Crippen molar-refractivity contribution in [3.8, 4) is 0 Å². The molecule has 0 atom stereocenters. The Bertz CT molecular complexity index is 1140. The molecule has 314 valence electrons. The van der Waals surface area contributed by atoms with E-state index in [1.54, 1.807) is 13.1 Å². The van der Waals surface area contributed by atoms with Crippen LogP contribution in [0.5, 0.6) is 0 Å². The Kier molecular flexibility index (Phi) is 18.9. The molecule has 13 nitrogen and oxygen atoms in total. The van der Waals surface area contributed by atoms with Gasteiger partial charge in [0.2, 0.25) is 0 Å². The summed E-state index contributed by atoms with van der Waals surface area (Å²) in [6, 6.07) is 0. The van der Waals surface area contributed by atoms with E-state index in [9.17, 15) is 4.80 Å². The van der Waals surface area contributed by atoms with Crippen LogP contribution in [0.25, 0.3) is 0 Å². The van der Waals surface area contributed by atoms with Gasteiger partial charge >= 0.3 is 103 Å². The molecular weight excluding hydrogens is 869 g/mol. The standard InChI is InChI=1S/C27H80O13Si12/c1-27(2)29-42(5,6)31-44(9,10)33-46(13,14)35-48(17,18)37-50(21,22)39-52(25,26)40-51(23,24)38-49(19,20)36-47(15,16)34-45(11,12)32-43(7,8)30-41(3,4)28/h27-28H,1-26H3. The molecule has 0 saturated heterocycles. The van der Waals surface area contributed by atoms with E-state index in [2.05, 4.69) is 52.4 Å². The average molecular weight is 950 g/mol. The first-order valence-electron chi connectivity index (χ1n) is 18.3. The van der Waals surface area contributed by atoms with Crippen LogP contribution < -0.4 is 0 Å². The van der Waals surface area contributed by atoms with Crippen molar-refractivity contribution in [1.82, 2.24) is 0 Å². The number of rotatable bonds is 24. The minimum absolute atomic E-state index is 0.0921. The molecule has 0 amide bonds. The molecule has 0 spiro atoms. The Morgan fingerprint density at radius 1 is 0.250 bits per heavy atom. The number of hydrogen-bond acceptors (Lipinski definition) is 13. The normalized spacial score (nSPS) is 15.9. The minimum atomic E-state index is -2.76. The molecule has 0 unspecified atom stereocenters. The van der Waals surface area contributed by atoms with Gasteiger partial charge in [-0.05, 0) is 171 Å². The maximum atomic E-state index is 10.3. The van der Waals surface area contributed by atoms with Crippen molar-refractivity contribution in [1.29, 1.82) is 0 Å². The van der Waals surface area contributed by atoms with Crippen LogP contribution in [0.1, 0.15) is 13.8 Å². The highest BCUT2D eigenvalue weighted by Crippen LogP contribution is 2.31. The molecule has 25 heteroatoms. The molecule has 0 fully saturated rings. The van der Waals surface area contributed by atoms with Crippen LogP contribution in [-0.2, 0) is 49.7 Å². The molecule has 0 rings (SSSR count). The topological polar surface area (TPSA) is 131 Å². The Morgan fingerprint density at radius 3 is 0.519 bits per heavy atom. The summed E-state index contributed by atoms with van der Waals surface area (Å²) in [5.74, 6) is 0. The summed E-state index contributed by atoms with van der Waals surface area (Å²) in [4.78, 5) is 10.3. The maximum absolute atomic E-state index is 10.3. The van der Waals surface area contributed by atoms with Gasteiger partial charge < -0.3 is 54.5 Å². The van der Waals surface area contributed by atoms with Crippen molar-refractivity contribution >= 4 is 103 Å². The summed E-state index contributed by atoms with van der Waals surface area (Å²) in [5.41, 5.74) is 0. The maximum Gasteiger partial charge on any atom is 0.323 e. The quantitative estimate of drug-likeness (QED) is 0.0925. The van der Waals surface area contributed by atoms with Gasteiger partial charge in [-0.25, -0.2) is 0 Å². The Morgan fingerprint density at radius 2 is 0.385 bits per heavy atom. The van der Waals surface area contributed by atoms with Gasteiger partial charge in [-0.2, -0.15) is 0 Å². The van der Waals surface area contributed by atoms with Gasteiger partial charge in [-0.15, -0.1) is 0 Å². The van der Waals surface area contributed by atoms with Crippen molar-refractivity contribution in [2.24, 2.45) is 0 Å². The first-order chi connectivity index (χ1) is 22.2. The third-order valence-corrected chi connectivity index (χ3v) is 50.3. The lowest BCUT2D eigenvalue weighted by atomic mass is 10.5. The average Bonchev–Trinajstić information content (AvgIpc) is 2.59. The van der Waals surface area contributed by atoms with Crippen LogP contribution in [0, 0.1) is 0 Å². The summed E-state index contributed by atoms with van der Waals surface area (Å²) in [5, 5.41) is 0. The monoisotopic (exact) mass is 948 g/mol. The van der Waals surface area contributed by atoms with Gasteiger partial charge in [-0.1, -0.05) is 0 Å². The molecule has 0 aliphatic heterocycles. The molecule has 0 saturated carbocycles. The smallest absolute Gasteiger partial charge is 0.323 e. The number of hydrogen-bond donors (Lipinski definition) is 1. The van der Waals surface area contributed by atoms with Crippen LogP contribution in [0.15, 0.2) is 0 Å². The highest BCUT2D eigenvalue weighted by molar-refractivity contribution is 6.93. The largest absolute Gasteiger partial charge is 0.416 e. The molecule has 0 aliphatic rings. The summed E-state index contributed by atoms with van der Waals surface area (Å²) in [7, 11) is -32.0. The van der Waals surface area contributed by atoms with E-state index >= 15 is 0 Å². The lowest BCUT2D eigenvalue weighted by molar-refractivity contribution is 0.175. The molecule has 0 radical (unpaired) electrons. The van der Waals surface area contributed by atoms with E-state index in [-0.39, 0.29) is 6.10 Å². The van der Waals surface area contributed by atoms with E-state index in [0.29, 0.717) is 0 Å². The highest BCUT2D eigenvalue weighted by atomic mass is 28.5. The lowest BCUT2D eigenvalue weighted by Gasteiger charge is -2.45. The van der Waals surface area contributed by atoms with Crippen molar-refractivity contribution in [3.63, 3.8) is 0 Å². The second-order valence-corrected chi connectivity index (χ2v) is 62.0. The lowest BCUT2D eigenvalue weighted by Crippen LogP contribution is -2.62. The molecule has 0 aromatic carbocycles. The van der Waals surface area contributed by atoms with Crippen LogP contribution in [0.2, 0.25) is 157 Å². The zero-order valence-corrected chi connectivity index (χ0v) is 49.9. The third-order valence-electron chi connectivity index (χ3n) is 5.93. The fraction of sp³-hybridized carbons (Fsp3) is 1.00. The second-order valence-electron chi connectivity index (χ2n) is 19.1. The SMILES string of the molecule is CC(C)O[Si](C)(C)O[Si](C)(C)O[Si](C)(C)O[Si](C)(C)O[Si](C)(C)O[Si](C)(C)O[Si](C)(C)O[Si](C)(C)O[Si](C)(C)O[Si](C)(C)O[Si](C)(C)O[Si](C)(C)O. The van der Waals surface area contributed by atoms with E-state index in [1.165, 1.54) is 0 Å². The molecular formula is C27H80O13Si12. The fourth-order valence-electron chi connectivity index (χ4n) is 7.32. The van der Waals surface area contributed by atoms with Gasteiger partial charge in [0.1, 0.15) is 0 Å². The minimum Gasteiger partial charge on any atom is -0.416 e. The summed E-state index contributed by atoms with van der Waals surface area (Å²) in [6.45, 7) is 52.3. The van der Waals surface area contributed by atoms with Crippen molar-refractivity contribution in [2.45, 2.75) is 177 Å². The van der Waals surface area contributed by atoms with E-state index in [0.717, 1.165) is 0 Å². The predicted octanol–water partition coefficient (Wildman–Crippen LogP) is 9.01. The second kappa shape index (κ2) is 18.1. The van der Waals surface area contributed by atoms with Crippen LogP contribution in [-0.4, -0.2) is 114 Å². The Hall–Kier alpha value is 2.08. The summed E-state index contributed by atoms with van der Waals surface area (Å²) in [6.07, 6.45) is 0.0921. The summed E-state index contributed by atoms with van der Waals surface area (Å²) >= 11 is 0. The van der Waals surface area contributed by atoms with Crippen molar-refractivity contribution < 1.29 is 54.5 Å². The van der Waals surface area contributed by atoms with Gasteiger partial charge in [0.15, 0.2) is 0 Å². The zero-order valence-electron chi connectivity index (χ0n) is 37.9. The van der Waals surface area contributed by atoms with Crippen LogP contribution >= 0.6 is 0 Å². The van der Waals surface area contributed by atoms with Crippen LogP contribution in [0.4, 0.5) is 0 Å². The first kappa shape index (κ1) is 54.1. The van der Waals surface area contributed by atoms with Crippen LogP contribution in [0.3, 0.4) is 0 Å². The van der Waals surface area contributed by atoms with Crippen molar-refractivity contribution in [3.05, 3.63) is 0 Å². The Labute approximate surface area is 332 Å². The molecule has 1 N–H and O–H groups in total. The highest BCUT2D eigenvalue weighted by Gasteiger charge is 2.51. The molecule has 0 aromatic heterocycles. The molecule has 0 heterocycles. The van der Waals surface area contributed by atoms with Gasteiger partial charge in [0.05, 0.1) is 0 Å². The first-order valence-corrected chi connectivity index (χ1v) is 52.1. The van der Waals surface area contributed by atoms with E-state index < -0.39 is 103 Å². The Balaban J connectivity index is 5.58. The van der Waals surface area contributed by atoms with Gasteiger partial charge in [0, 0.05) is 6.10 Å². The van der Waals surface area contributed by atoms with E-state index in [1.807, 2.05) is 106 Å². The zero-order chi connectivity index (χ0) is 42.1. The van der Waals surface area contributed by atoms with E-state index in [4.69, 9.17) is 49.7 Å².